The van der Waals surface area contributed by atoms with Crippen molar-refractivity contribution in [1.82, 2.24) is 15.5 Å². The number of primary amides is 1. The molecule has 1 aliphatic heterocycles. The van der Waals surface area contributed by atoms with Gasteiger partial charge in [0.2, 0.25) is 5.91 Å². The largest absolute Gasteiger partial charge is 0.370 e. The Morgan fingerprint density at radius 1 is 1.24 bits per heavy atom. The SMILES string of the molecule is NC(=O)CCCNC(=O)C(=O)N1CCNCC1. The molecular weight excluding hydrogens is 224 g/mol. The standard InChI is InChI=1S/C10H18N4O3/c11-8(15)2-1-3-13-9(16)10(17)14-6-4-12-5-7-14/h12H,1-7H2,(H2,11,15)(H,13,16). The van der Waals surface area contributed by atoms with Crippen molar-refractivity contribution in [2.24, 2.45) is 5.73 Å². The number of carbonyl (C=O) groups excluding carboxylic acids is 3. The summed E-state index contributed by atoms with van der Waals surface area (Å²) in [5.41, 5.74) is 4.95. The first-order valence-corrected chi connectivity index (χ1v) is 5.67. The van der Waals surface area contributed by atoms with Crippen LogP contribution in [0.15, 0.2) is 0 Å². The minimum absolute atomic E-state index is 0.210. The van der Waals surface area contributed by atoms with Gasteiger partial charge in [-0.25, -0.2) is 0 Å². The zero-order valence-electron chi connectivity index (χ0n) is 9.70. The van der Waals surface area contributed by atoms with E-state index in [0.717, 1.165) is 0 Å². The molecule has 96 valence electrons. The Hall–Kier alpha value is -1.63. The van der Waals surface area contributed by atoms with Gasteiger partial charge in [0.25, 0.3) is 0 Å². The molecule has 0 aromatic rings. The number of nitrogens with zero attached hydrogens (tertiary/aromatic N) is 1. The van der Waals surface area contributed by atoms with E-state index in [1.54, 1.807) is 0 Å². The minimum Gasteiger partial charge on any atom is -0.370 e. The van der Waals surface area contributed by atoms with Crippen LogP contribution in [0.5, 0.6) is 0 Å². The smallest absolute Gasteiger partial charge is 0.311 e. The van der Waals surface area contributed by atoms with Crippen molar-refractivity contribution < 1.29 is 14.4 Å². The quantitative estimate of drug-likeness (QED) is 0.384. The summed E-state index contributed by atoms with van der Waals surface area (Å²) < 4.78 is 0. The first-order chi connectivity index (χ1) is 8.11. The molecule has 7 nitrogen and oxygen atoms in total. The van der Waals surface area contributed by atoms with Crippen molar-refractivity contribution in [3.63, 3.8) is 0 Å². The van der Waals surface area contributed by atoms with Gasteiger partial charge in [0.15, 0.2) is 0 Å². The van der Waals surface area contributed by atoms with Crippen LogP contribution in [-0.2, 0) is 14.4 Å². The third-order valence-corrected chi connectivity index (χ3v) is 2.48. The molecular formula is C10H18N4O3. The predicted octanol–water partition coefficient (Wildman–Crippen LogP) is -2.20. The van der Waals surface area contributed by atoms with E-state index in [4.69, 9.17) is 5.73 Å². The van der Waals surface area contributed by atoms with Gasteiger partial charge in [-0.2, -0.15) is 0 Å². The van der Waals surface area contributed by atoms with Crippen LogP contribution in [-0.4, -0.2) is 55.3 Å². The van der Waals surface area contributed by atoms with Gasteiger partial charge in [-0.3, -0.25) is 14.4 Å². The Morgan fingerprint density at radius 3 is 2.47 bits per heavy atom. The highest BCUT2D eigenvalue weighted by Gasteiger charge is 2.22. The van der Waals surface area contributed by atoms with Crippen LogP contribution in [0.2, 0.25) is 0 Å². The lowest BCUT2D eigenvalue weighted by molar-refractivity contribution is -0.146. The van der Waals surface area contributed by atoms with Crippen molar-refractivity contribution in [1.29, 1.82) is 0 Å². The second-order valence-corrected chi connectivity index (χ2v) is 3.87. The first kappa shape index (κ1) is 13.4. The number of nitrogens with two attached hydrogens (primary N) is 1. The van der Waals surface area contributed by atoms with Crippen molar-refractivity contribution in [3.8, 4) is 0 Å². The van der Waals surface area contributed by atoms with Gasteiger partial charge in [-0.1, -0.05) is 0 Å². The molecule has 0 bridgehead atoms. The highest BCUT2D eigenvalue weighted by Crippen LogP contribution is 1.93. The van der Waals surface area contributed by atoms with Crippen LogP contribution in [0.3, 0.4) is 0 Å². The van der Waals surface area contributed by atoms with Crippen LogP contribution in [0.1, 0.15) is 12.8 Å². The second kappa shape index (κ2) is 6.85. The summed E-state index contributed by atoms with van der Waals surface area (Å²) >= 11 is 0. The summed E-state index contributed by atoms with van der Waals surface area (Å²) in [5, 5.41) is 5.57. The molecule has 0 unspecified atom stereocenters. The normalized spacial score (nSPS) is 15.4. The number of carbonyl (C=O) groups is 3. The number of hydrogen-bond acceptors (Lipinski definition) is 4. The molecule has 0 saturated carbocycles. The molecule has 1 heterocycles. The van der Waals surface area contributed by atoms with E-state index in [0.29, 0.717) is 39.1 Å². The molecule has 1 rings (SSSR count). The molecule has 0 aromatic heterocycles. The van der Waals surface area contributed by atoms with E-state index in [2.05, 4.69) is 10.6 Å². The third-order valence-electron chi connectivity index (χ3n) is 2.48. The van der Waals surface area contributed by atoms with Crippen LogP contribution in [0.25, 0.3) is 0 Å². The molecule has 0 radical (unpaired) electrons. The van der Waals surface area contributed by atoms with Crippen molar-refractivity contribution in [2.75, 3.05) is 32.7 Å². The number of hydrogen-bond donors (Lipinski definition) is 3. The van der Waals surface area contributed by atoms with Gasteiger partial charge >= 0.3 is 11.8 Å². The Balaban J connectivity index is 2.22. The Kier molecular flexibility index (Phi) is 5.41. The zero-order chi connectivity index (χ0) is 12.7. The van der Waals surface area contributed by atoms with E-state index in [9.17, 15) is 14.4 Å². The van der Waals surface area contributed by atoms with Gasteiger partial charge < -0.3 is 21.3 Å². The number of rotatable bonds is 4. The highest BCUT2D eigenvalue weighted by molar-refractivity contribution is 6.35. The summed E-state index contributed by atoms with van der Waals surface area (Å²) in [4.78, 5) is 35.0. The summed E-state index contributed by atoms with van der Waals surface area (Å²) in [6, 6.07) is 0. The Bertz CT molecular complexity index is 300. The maximum absolute atomic E-state index is 11.6. The molecule has 1 saturated heterocycles. The van der Waals surface area contributed by atoms with E-state index >= 15 is 0 Å². The van der Waals surface area contributed by atoms with Gasteiger partial charge in [-0.05, 0) is 6.42 Å². The predicted molar refractivity (Wildman–Crippen MR) is 60.9 cm³/mol. The van der Waals surface area contributed by atoms with Gasteiger partial charge in [0.05, 0.1) is 0 Å². The van der Waals surface area contributed by atoms with Crippen molar-refractivity contribution in [2.45, 2.75) is 12.8 Å². The van der Waals surface area contributed by atoms with Crippen LogP contribution < -0.4 is 16.4 Å². The van der Waals surface area contributed by atoms with Gasteiger partial charge in [0, 0.05) is 39.1 Å². The number of piperazine rings is 1. The maximum Gasteiger partial charge on any atom is 0.311 e. The molecule has 1 aliphatic rings. The summed E-state index contributed by atoms with van der Waals surface area (Å²) in [5.74, 6) is -1.53. The summed E-state index contributed by atoms with van der Waals surface area (Å²) in [7, 11) is 0. The van der Waals surface area contributed by atoms with Crippen LogP contribution in [0.4, 0.5) is 0 Å². The Labute approximate surface area is 99.7 Å². The maximum atomic E-state index is 11.6. The molecule has 0 spiro atoms. The third kappa shape index (κ3) is 4.81. The van der Waals surface area contributed by atoms with E-state index in [1.165, 1.54) is 4.90 Å². The lowest BCUT2D eigenvalue weighted by Gasteiger charge is -2.26. The molecule has 17 heavy (non-hydrogen) atoms. The van der Waals surface area contributed by atoms with Gasteiger partial charge in [0.1, 0.15) is 0 Å². The second-order valence-electron chi connectivity index (χ2n) is 3.87. The molecule has 7 heteroatoms. The number of amides is 3. The topological polar surface area (TPSA) is 105 Å². The molecule has 0 atom stereocenters. The fourth-order valence-corrected chi connectivity index (χ4v) is 1.55. The van der Waals surface area contributed by atoms with Crippen LogP contribution in [0, 0.1) is 0 Å². The minimum atomic E-state index is -0.614. The lowest BCUT2D eigenvalue weighted by Crippen LogP contribution is -2.51. The zero-order valence-corrected chi connectivity index (χ0v) is 9.70. The molecule has 3 amide bonds. The average molecular weight is 242 g/mol. The molecule has 0 aliphatic carbocycles. The molecule has 1 fully saturated rings. The molecule has 0 aromatic carbocycles. The Morgan fingerprint density at radius 2 is 1.88 bits per heavy atom. The monoisotopic (exact) mass is 242 g/mol. The fourth-order valence-electron chi connectivity index (χ4n) is 1.55. The van der Waals surface area contributed by atoms with Crippen molar-refractivity contribution >= 4 is 17.7 Å². The van der Waals surface area contributed by atoms with Crippen molar-refractivity contribution in [3.05, 3.63) is 0 Å². The summed E-state index contributed by atoms with van der Waals surface area (Å²) in [6.45, 7) is 2.81. The molecule has 4 N–H and O–H groups in total. The van der Waals surface area contributed by atoms with E-state index < -0.39 is 17.7 Å². The van der Waals surface area contributed by atoms with Gasteiger partial charge in [-0.15, -0.1) is 0 Å². The summed E-state index contributed by atoms with van der Waals surface area (Å²) in [6.07, 6.45) is 0.665. The lowest BCUT2D eigenvalue weighted by atomic mass is 10.3. The fraction of sp³-hybridized carbons (Fsp3) is 0.700. The van der Waals surface area contributed by atoms with E-state index in [1.807, 2.05) is 0 Å². The highest BCUT2D eigenvalue weighted by atomic mass is 16.2. The van der Waals surface area contributed by atoms with E-state index in [-0.39, 0.29) is 6.42 Å². The number of nitrogens with one attached hydrogen (secondary N) is 2. The first-order valence-electron chi connectivity index (χ1n) is 5.67. The average Bonchev–Trinajstić information content (AvgIpc) is 2.34. The van der Waals surface area contributed by atoms with Crippen LogP contribution >= 0.6 is 0 Å².